The smallest absolute Gasteiger partial charge is 0.262 e. The predicted molar refractivity (Wildman–Crippen MR) is 142 cm³/mol. The lowest BCUT2D eigenvalue weighted by molar-refractivity contribution is -0.113. The van der Waals surface area contributed by atoms with Crippen LogP contribution in [0.25, 0.3) is 10.9 Å². The minimum absolute atomic E-state index is 0.0248. The van der Waals surface area contributed by atoms with Gasteiger partial charge in [0, 0.05) is 22.8 Å². The van der Waals surface area contributed by atoms with Gasteiger partial charge in [-0.2, -0.15) is 0 Å². The van der Waals surface area contributed by atoms with Crippen LogP contribution in [0.3, 0.4) is 0 Å². The Labute approximate surface area is 217 Å². The van der Waals surface area contributed by atoms with Crippen LogP contribution in [0.4, 0.5) is 5.69 Å². The molecule has 1 N–H and O–H groups in total. The van der Waals surface area contributed by atoms with Crippen LogP contribution < -0.4 is 25.1 Å². The van der Waals surface area contributed by atoms with Crippen LogP contribution in [0.5, 0.6) is 17.2 Å². The van der Waals surface area contributed by atoms with E-state index < -0.39 is 0 Å². The molecule has 10 heteroatoms. The number of aromatic nitrogens is 2. The summed E-state index contributed by atoms with van der Waals surface area (Å²) in [6.07, 6.45) is 0. The molecule has 186 valence electrons. The fraction of sp³-hybridized carbons (Fsp3) is 0.192. The molecule has 1 aromatic heterocycles. The molecule has 4 rings (SSSR count). The first-order chi connectivity index (χ1) is 17.4. The number of nitrogens with one attached hydrogen (secondary N) is 1. The first kappa shape index (κ1) is 25.4. The summed E-state index contributed by atoms with van der Waals surface area (Å²) in [5, 5.41) is 4.35. The maximum Gasteiger partial charge on any atom is 0.262 e. The van der Waals surface area contributed by atoms with Gasteiger partial charge in [-0.3, -0.25) is 14.2 Å². The minimum atomic E-state index is -0.286. The minimum Gasteiger partial charge on any atom is -0.493 e. The van der Waals surface area contributed by atoms with E-state index in [1.54, 1.807) is 47.0 Å². The topological polar surface area (TPSA) is 91.7 Å². The highest BCUT2D eigenvalue weighted by Crippen LogP contribution is 2.40. The summed E-state index contributed by atoms with van der Waals surface area (Å²) in [6.45, 7) is 0.272. The number of carbonyl (C=O) groups is 1. The van der Waals surface area contributed by atoms with Crippen molar-refractivity contribution in [2.24, 2.45) is 0 Å². The van der Waals surface area contributed by atoms with Crippen LogP contribution in [-0.4, -0.2) is 42.5 Å². The SMILES string of the molecule is COc1cc(NC(=O)CSc2nc3ccccc3c(=O)n2Cc2cccc(Cl)c2)cc(OC)c1OC. The van der Waals surface area contributed by atoms with Gasteiger partial charge in [0.25, 0.3) is 5.56 Å². The molecule has 36 heavy (non-hydrogen) atoms. The molecule has 0 fully saturated rings. The number of methoxy groups -OCH3 is 3. The van der Waals surface area contributed by atoms with Crippen molar-refractivity contribution in [2.75, 3.05) is 32.4 Å². The number of carbonyl (C=O) groups excluding carboxylic acids is 1. The van der Waals surface area contributed by atoms with E-state index >= 15 is 0 Å². The second-order valence-corrected chi connectivity index (χ2v) is 9.06. The summed E-state index contributed by atoms with van der Waals surface area (Å²) in [5.41, 5.74) is 1.72. The molecule has 1 heterocycles. The molecule has 0 unspecified atom stereocenters. The van der Waals surface area contributed by atoms with Crippen molar-refractivity contribution in [2.45, 2.75) is 11.7 Å². The highest BCUT2D eigenvalue weighted by Gasteiger charge is 2.17. The molecule has 0 saturated carbocycles. The van der Waals surface area contributed by atoms with Crippen molar-refractivity contribution >= 4 is 45.9 Å². The van der Waals surface area contributed by atoms with Crippen molar-refractivity contribution in [3.63, 3.8) is 0 Å². The van der Waals surface area contributed by atoms with Crippen LogP contribution in [0.2, 0.25) is 5.02 Å². The Hall–Kier alpha value is -3.69. The number of nitrogens with zero attached hydrogens (tertiary/aromatic N) is 2. The highest BCUT2D eigenvalue weighted by atomic mass is 35.5. The lowest BCUT2D eigenvalue weighted by atomic mass is 10.2. The lowest BCUT2D eigenvalue weighted by Crippen LogP contribution is -2.25. The summed E-state index contributed by atoms with van der Waals surface area (Å²) in [4.78, 5) is 30.8. The maximum absolute atomic E-state index is 13.3. The van der Waals surface area contributed by atoms with E-state index in [1.807, 2.05) is 18.2 Å². The van der Waals surface area contributed by atoms with Gasteiger partial charge in [0.1, 0.15) is 0 Å². The van der Waals surface area contributed by atoms with E-state index in [1.165, 1.54) is 33.1 Å². The van der Waals surface area contributed by atoms with Gasteiger partial charge in [0.15, 0.2) is 16.7 Å². The molecule has 0 saturated heterocycles. The number of halogens is 1. The maximum atomic E-state index is 13.3. The summed E-state index contributed by atoms with van der Waals surface area (Å²) in [7, 11) is 4.52. The van der Waals surface area contributed by atoms with Gasteiger partial charge in [-0.25, -0.2) is 4.98 Å². The fourth-order valence-corrected chi connectivity index (χ4v) is 4.71. The Morgan fingerprint density at radius 3 is 2.39 bits per heavy atom. The molecule has 0 aliphatic carbocycles. The third-order valence-corrected chi connectivity index (χ3v) is 6.55. The van der Waals surface area contributed by atoms with Crippen LogP contribution >= 0.6 is 23.4 Å². The Morgan fingerprint density at radius 1 is 1.00 bits per heavy atom. The van der Waals surface area contributed by atoms with Gasteiger partial charge in [-0.15, -0.1) is 0 Å². The number of rotatable bonds is 9. The predicted octanol–water partition coefficient (Wildman–Crippen LogP) is 4.85. The Morgan fingerprint density at radius 2 is 1.72 bits per heavy atom. The fourth-order valence-electron chi connectivity index (χ4n) is 3.70. The van der Waals surface area contributed by atoms with E-state index in [0.29, 0.717) is 44.0 Å². The molecular weight excluding hydrogens is 502 g/mol. The largest absolute Gasteiger partial charge is 0.493 e. The van der Waals surface area contributed by atoms with Gasteiger partial charge in [0.2, 0.25) is 11.7 Å². The van der Waals surface area contributed by atoms with Crippen LogP contribution in [0.1, 0.15) is 5.56 Å². The number of anilines is 1. The Kier molecular flexibility index (Phi) is 8.02. The van der Waals surface area contributed by atoms with E-state index in [2.05, 4.69) is 10.3 Å². The van der Waals surface area contributed by atoms with E-state index in [9.17, 15) is 9.59 Å². The van der Waals surface area contributed by atoms with Crippen molar-refractivity contribution < 1.29 is 19.0 Å². The molecule has 3 aromatic carbocycles. The zero-order valence-electron chi connectivity index (χ0n) is 19.9. The third kappa shape index (κ3) is 5.58. The number of fused-ring (bicyclic) bond motifs is 1. The molecule has 0 bridgehead atoms. The first-order valence-corrected chi connectivity index (χ1v) is 12.3. The number of hydrogen-bond acceptors (Lipinski definition) is 7. The third-order valence-electron chi connectivity index (χ3n) is 5.34. The number of thioether (sulfide) groups is 1. The molecule has 0 aliphatic rings. The van der Waals surface area contributed by atoms with Crippen LogP contribution in [-0.2, 0) is 11.3 Å². The van der Waals surface area contributed by atoms with Crippen molar-refractivity contribution in [3.8, 4) is 17.2 Å². The number of amides is 1. The second-order valence-electron chi connectivity index (χ2n) is 7.68. The van der Waals surface area contributed by atoms with Crippen molar-refractivity contribution in [1.29, 1.82) is 0 Å². The van der Waals surface area contributed by atoms with Crippen molar-refractivity contribution in [3.05, 3.63) is 81.6 Å². The van der Waals surface area contributed by atoms with E-state index in [4.69, 9.17) is 25.8 Å². The monoisotopic (exact) mass is 525 g/mol. The number of ether oxygens (including phenoxy) is 3. The summed E-state index contributed by atoms with van der Waals surface area (Å²) < 4.78 is 17.6. The van der Waals surface area contributed by atoms with Crippen molar-refractivity contribution in [1.82, 2.24) is 9.55 Å². The normalized spacial score (nSPS) is 10.8. The van der Waals surface area contributed by atoms with Gasteiger partial charge < -0.3 is 19.5 Å². The summed E-state index contributed by atoms with van der Waals surface area (Å²) >= 11 is 7.31. The zero-order valence-corrected chi connectivity index (χ0v) is 21.5. The lowest BCUT2D eigenvalue weighted by Gasteiger charge is -2.15. The quantitative estimate of drug-likeness (QED) is 0.246. The first-order valence-electron chi connectivity index (χ1n) is 10.9. The molecular formula is C26H24ClN3O5S. The van der Waals surface area contributed by atoms with Crippen LogP contribution in [0.15, 0.2) is 70.6 Å². The molecule has 4 aromatic rings. The van der Waals surface area contributed by atoms with Crippen LogP contribution in [0, 0.1) is 0 Å². The Balaban J connectivity index is 1.60. The molecule has 0 aliphatic heterocycles. The number of para-hydroxylation sites is 1. The Bertz CT molecular complexity index is 1450. The molecule has 0 spiro atoms. The van der Waals surface area contributed by atoms with E-state index in [0.717, 1.165) is 5.56 Å². The molecule has 0 radical (unpaired) electrons. The number of hydrogen-bond donors (Lipinski definition) is 1. The van der Waals surface area contributed by atoms with Gasteiger partial charge >= 0.3 is 0 Å². The molecule has 0 atom stereocenters. The molecule has 8 nitrogen and oxygen atoms in total. The average Bonchev–Trinajstić information content (AvgIpc) is 2.88. The second kappa shape index (κ2) is 11.4. The van der Waals surface area contributed by atoms with Gasteiger partial charge in [-0.05, 0) is 29.8 Å². The number of benzene rings is 3. The average molecular weight is 526 g/mol. The summed E-state index contributed by atoms with van der Waals surface area (Å²) in [6, 6.07) is 17.7. The van der Waals surface area contributed by atoms with E-state index in [-0.39, 0.29) is 23.8 Å². The standard InChI is InChI=1S/C26H24ClN3O5S/c1-33-21-12-18(13-22(34-2)24(21)35-3)28-23(31)15-36-26-29-20-10-5-4-9-19(20)25(32)30(26)14-16-7-6-8-17(27)11-16/h4-13H,14-15H2,1-3H3,(H,28,31). The zero-order chi connectivity index (χ0) is 25.7. The summed E-state index contributed by atoms with van der Waals surface area (Å²) in [5.74, 6) is 1.01. The van der Waals surface area contributed by atoms with Gasteiger partial charge in [0.05, 0.1) is 44.5 Å². The highest BCUT2D eigenvalue weighted by molar-refractivity contribution is 7.99. The molecule has 1 amide bonds. The van der Waals surface area contributed by atoms with Gasteiger partial charge in [-0.1, -0.05) is 47.6 Å².